The van der Waals surface area contributed by atoms with E-state index in [4.69, 9.17) is 5.73 Å². The minimum Gasteiger partial charge on any atom is -0.322 e. The summed E-state index contributed by atoms with van der Waals surface area (Å²) in [4.78, 5) is 19.1. The number of amides is 1. The van der Waals surface area contributed by atoms with Gasteiger partial charge in [-0.3, -0.25) is 4.79 Å². The van der Waals surface area contributed by atoms with Crippen molar-refractivity contribution < 1.29 is 4.79 Å². The summed E-state index contributed by atoms with van der Waals surface area (Å²) in [5, 5.41) is 2.65. The lowest BCUT2D eigenvalue weighted by Gasteiger charge is -2.10. The van der Waals surface area contributed by atoms with Gasteiger partial charge in [0.2, 0.25) is 5.91 Å². The Morgan fingerprint density at radius 1 is 1.60 bits per heavy atom. The van der Waals surface area contributed by atoms with Crippen molar-refractivity contribution in [2.75, 3.05) is 17.3 Å². The maximum absolute atomic E-state index is 11.5. The van der Waals surface area contributed by atoms with Crippen molar-refractivity contribution in [1.29, 1.82) is 0 Å². The molecule has 1 rings (SSSR count). The molecule has 0 aliphatic rings. The zero-order valence-corrected chi connectivity index (χ0v) is 9.33. The highest BCUT2D eigenvalue weighted by Crippen LogP contribution is 2.04. The average molecular weight is 226 g/mol. The highest BCUT2D eigenvalue weighted by Gasteiger charge is 2.12. The smallest absolute Gasteiger partial charge is 0.241 e. The van der Waals surface area contributed by atoms with E-state index in [0.29, 0.717) is 12.1 Å². The molecule has 1 amide bonds. The fourth-order valence-electron chi connectivity index (χ4n) is 0.975. The molecular weight excluding hydrogens is 212 g/mol. The number of hydrogen-bond donors (Lipinski definition) is 2. The monoisotopic (exact) mass is 226 g/mol. The molecule has 15 heavy (non-hydrogen) atoms. The summed E-state index contributed by atoms with van der Waals surface area (Å²) in [6.45, 7) is 0. The van der Waals surface area contributed by atoms with Gasteiger partial charge in [0, 0.05) is 0 Å². The van der Waals surface area contributed by atoms with Gasteiger partial charge in [-0.2, -0.15) is 11.8 Å². The van der Waals surface area contributed by atoms with Crippen molar-refractivity contribution in [3.05, 3.63) is 18.7 Å². The van der Waals surface area contributed by atoms with E-state index in [9.17, 15) is 4.79 Å². The molecule has 1 heterocycles. The van der Waals surface area contributed by atoms with Gasteiger partial charge in [0.05, 0.1) is 24.1 Å². The van der Waals surface area contributed by atoms with Crippen LogP contribution in [0.25, 0.3) is 0 Å². The average Bonchev–Trinajstić information content (AvgIpc) is 2.27. The number of anilines is 1. The third-order valence-electron chi connectivity index (χ3n) is 1.80. The van der Waals surface area contributed by atoms with Gasteiger partial charge >= 0.3 is 0 Å². The summed E-state index contributed by atoms with van der Waals surface area (Å²) in [7, 11) is 0. The molecule has 1 aromatic rings. The summed E-state index contributed by atoms with van der Waals surface area (Å²) in [5.74, 6) is 0.679. The van der Waals surface area contributed by atoms with Crippen LogP contribution in [0.4, 0.5) is 5.69 Å². The van der Waals surface area contributed by atoms with Crippen LogP contribution in [0.1, 0.15) is 6.42 Å². The summed E-state index contributed by atoms with van der Waals surface area (Å²) in [6.07, 6.45) is 7.12. The van der Waals surface area contributed by atoms with Crippen molar-refractivity contribution in [2.24, 2.45) is 5.73 Å². The Hall–Kier alpha value is -1.14. The molecule has 0 saturated heterocycles. The van der Waals surface area contributed by atoms with Crippen LogP contribution in [0.5, 0.6) is 0 Å². The van der Waals surface area contributed by atoms with Crippen LogP contribution in [0, 0.1) is 0 Å². The van der Waals surface area contributed by atoms with Crippen molar-refractivity contribution in [3.63, 3.8) is 0 Å². The van der Waals surface area contributed by atoms with Crippen LogP contribution in [0.3, 0.4) is 0 Å². The first-order valence-corrected chi connectivity index (χ1v) is 5.94. The van der Waals surface area contributed by atoms with Crippen LogP contribution in [-0.2, 0) is 4.79 Å². The molecule has 5 nitrogen and oxygen atoms in total. The molecular formula is C9H14N4OS. The third kappa shape index (κ3) is 4.26. The lowest BCUT2D eigenvalue weighted by molar-refractivity contribution is -0.117. The van der Waals surface area contributed by atoms with E-state index in [-0.39, 0.29) is 5.91 Å². The molecule has 0 spiro atoms. The van der Waals surface area contributed by atoms with Crippen LogP contribution < -0.4 is 11.1 Å². The zero-order valence-electron chi connectivity index (χ0n) is 8.51. The summed E-state index contributed by atoms with van der Waals surface area (Å²) < 4.78 is 0. The molecule has 0 radical (unpaired) electrons. The van der Waals surface area contributed by atoms with E-state index in [1.54, 1.807) is 11.8 Å². The maximum Gasteiger partial charge on any atom is 0.241 e. The molecule has 0 bridgehead atoms. The number of carbonyl (C=O) groups is 1. The predicted molar refractivity (Wildman–Crippen MR) is 61.6 cm³/mol. The zero-order chi connectivity index (χ0) is 11.1. The molecule has 0 aliphatic heterocycles. The second-order valence-corrected chi connectivity index (χ2v) is 3.99. The maximum atomic E-state index is 11.5. The topological polar surface area (TPSA) is 80.9 Å². The molecule has 1 atom stereocenters. The molecule has 0 saturated carbocycles. The van der Waals surface area contributed by atoms with E-state index >= 15 is 0 Å². The Labute approximate surface area is 92.9 Å². The predicted octanol–water partition coefficient (Wildman–Crippen LogP) is 0.495. The lowest BCUT2D eigenvalue weighted by atomic mass is 10.2. The molecule has 0 fully saturated rings. The molecule has 0 unspecified atom stereocenters. The number of nitrogens with zero attached hydrogens (tertiary/aromatic N) is 2. The number of rotatable bonds is 5. The van der Waals surface area contributed by atoms with E-state index in [1.807, 2.05) is 6.26 Å². The Balaban J connectivity index is 2.42. The third-order valence-corrected chi connectivity index (χ3v) is 2.44. The number of carbonyl (C=O) groups excluding carboxylic acids is 1. The fraction of sp³-hybridized carbons (Fsp3) is 0.444. The second kappa shape index (κ2) is 6.36. The van der Waals surface area contributed by atoms with Crippen molar-refractivity contribution in [2.45, 2.75) is 12.5 Å². The summed E-state index contributed by atoms with van der Waals surface area (Å²) >= 11 is 1.67. The Kier molecular flexibility index (Phi) is 5.06. The highest BCUT2D eigenvalue weighted by atomic mass is 32.2. The largest absolute Gasteiger partial charge is 0.322 e. The van der Waals surface area contributed by atoms with E-state index in [0.717, 1.165) is 5.75 Å². The second-order valence-electron chi connectivity index (χ2n) is 3.00. The SMILES string of the molecule is CSCC[C@@H](N)C(=O)Nc1cncnc1. The van der Waals surface area contributed by atoms with Gasteiger partial charge in [-0.1, -0.05) is 0 Å². The Morgan fingerprint density at radius 3 is 2.87 bits per heavy atom. The summed E-state index contributed by atoms with van der Waals surface area (Å²) in [6, 6.07) is -0.474. The standard InChI is InChI=1S/C9H14N4OS/c1-15-3-2-8(10)9(14)13-7-4-11-6-12-5-7/h4-6,8H,2-3,10H2,1H3,(H,13,14)/t8-/m1/s1. The van der Waals surface area contributed by atoms with Gasteiger partial charge in [0.25, 0.3) is 0 Å². The quantitative estimate of drug-likeness (QED) is 0.764. The number of nitrogens with two attached hydrogens (primary N) is 1. The molecule has 0 aromatic carbocycles. The molecule has 1 aromatic heterocycles. The van der Waals surface area contributed by atoms with E-state index < -0.39 is 6.04 Å². The minimum absolute atomic E-state index is 0.196. The van der Waals surface area contributed by atoms with Crippen molar-refractivity contribution >= 4 is 23.4 Å². The number of nitrogens with one attached hydrogen (secondary N) is 1. The van der Waals surface area contributed by atoms with Gasteiger partial charge in [-0.05, 0) is 18.4 Å². The molecule has 0 aliphatic carbocycles. The van der Waals surface area contributed by atoms with Gasteiger partial charge < -0.3 is 11.1 Å². The van der Waals surface area contributed by atoms with Gasteiger partial charge in [0.1, 0.15) is 6.33 Å². The van der Waals surface area contributed by atoms with Crippen LogP contribution >= 0.6 is 11.8 Å². The Bertz CT molecular complexity index is 306. The van der Waals surface area contributed by atoms with Gasteiger partial charge in [0.15, 0.2) is 0 Å². The first kappa shape index (κ1) is 11.9. The van der Waals surface area contributed by atoms with Crippen LogP contribution in [0.2, 0.25) is 0 Å². The minimum atomic E-state index is -0.474. The molecule has 6 heteroatoms. The van der Waals surface area contributed by atoms with Crippen molar-refractivity contribution in [1.82, 2.24) is 9.97 Å². The number of aromatic nitrogens is 2. The number of thioether (sulfide) groups is 1. The van der Waals surface area contributed by atoms with Gasteiger partial charge in [-0.25, -0.2) is 9.97 Å². The molecule has 82 valence electrons. The first-order valence-electron chi connectivity index (χ1n) is 4.54. The Morgan fingerprint density at radius 2 is 2.27 bits per heavy atom. The van der Waals surface area contributed by atoms with E-state index in [1.165, 1.54) is 18.7 Å². The fourth-order valence-corrected chi connectivity index (χ4v) is 1.46. The summed E-state index contributed by atoms with van der Waals surface area (Å²) in [5.41, 5.74) is 6.26. The van der Waals surface area contributed by atoms with E-state index in [2.05, 4.69) is 15.3 Å². The lowest BCUT2D eigenvalue weighted by Crippen LogP contribution is -2.36. The highest BCUT2D eigenvalue weighted by molar-refractivity contribution is 7.98. The molecule has 3 N–H and O–H groups in total. The first-order chi connectivity index (χ1) is 7.24. The normalized spacial score (nSPS) is 12.1. The van der Waals surface area contributed by atoms with Crippen molar-refractivity contribution in [3.8, 4) is 0 Å². The van der Waals surface area contributed by atoms with Crippen LogP contribution in [-0.4, -0.2) is 33.9 Å². The van der Waals surface area contributed by atoms with Gasteiger partial charge in [-0.15, -0.1) is 0 Å². The van der Waals surface area contributed by atoms with Crippen LogP contribution in [0.15, 0.2) is 18.7 Å². The number of hydrogen-bond acceptors (Lipinski definition) is 5.